The van der Waals surface area contributed by atoms with Crippen molar-refractivity contribution in [1.82, 2.24) is 4.90 Å². The minimum atomic E-state index is -0.816. The van der Waals surface area contributed by atoms with Gasteiger partial charge in [0.1, 0.15) is 0 Å². The molecule has 98 valence electrons. The number of carboxylic acids is 1. The van der Waals surface area contributed by atoms with Crippen molar-refractivity contribution in [1.29, 1.82) is 0 Å². The standard InChI is InChI=1S/C12H21NO4/c14-9-10-5-3-4-8-13(10)11(15)6-1-2-7-12(16)17/h10,14H,1-9H2,(H,16,17). The molecule has 5 heteroatoms. The van der Waals surface area contributed by atoms with Crippen LogP contribution in [0.3, 0.4) is 0 Å². The number of unbranched alkanes of at least 4 members (excludes halogenated alkanes) is 1. The summed E-state index contributed by atoms with van der Waals surface area (Å²) in [5.41, 5.74) is 0. The minimum absolute atomic E-state index is 0.0286. The number of likely N-dealkylation sites (tertiary alicyclic amines) is 1. The van der Waals surface area contributed by atoms with Crippen LogP contribution in [0.1, 0.15) is 44.9 Å². The van der Waals surface area contributed by atoms with E-state index < -0.39 is 5.97 Å². The largest absolute Gasteiger partial charge is 0.481 e. The molecule has 1 rings (SSSR count). The normalized spacial score (nSPS) is 20.3. The van der Waals surface area contributed by atoms with Gasteiger partial charge in [0.25, 0.3) is 0 Å². The van der Waals surface area contributed by atoms with Gasteiger partial charge in [-0.05, 0) is 32.1 Å². The molecule has 0 bridgehead atoms. The van der Waals surface area contributed by atoms with Crippen molar-refractivity contribution in [2.75, 3.05) is 13.2 Å². The number of nitrogens with zero attached hydrogens (tertiary/aromatic N) is 1. The van der Waals surface area contributed by atoms with Crippen LogP contribution in [0.4, 0.5) is 0 Å². The Morgan fingerprint density at radius 1 is 1.18 bits per heavy atom. The number of rotatable bonds is 6. The summed E-state index contributed by atoms with van der Waals surface area (Å²) < 4.78 is 0. The molecule has 1 aliphatic rings. The van der Waals surface area contributed by atoms with Crippen LogP contribution in [0.15, 0.2) is 0 Å². The van der Waals surface area contributed by atoms with Gasteiger partial charge in [0.15, 0.2) is 0 Å². The quantitative estimate of drug-likeness (QED) is 0.682. The molecule has 0 saturated carbocycles. The van der Waals surface area contributed by atoms with E-state index >= 15 is 0 Å². The molecule has 1 aliphatic heterocycles. The van der Waals surface area contributed by atoms with Gasteiger partial charge in [0.05, 0.1) is 12.6 Å². The summed E-state index contributed by atoms with van der Waals surface area (Å²) >= 11 is 0. The molecular formula is C12H21NO4. The van der Waals surface area contributed by atoms with Crippen molar-refractivity contribution in [2.24, 2.45) is 0 Å². The molecule has 0 aliphatic carbocycles. The second-order valence-corrected chi connectivity index (χ2v) is 4.52. The van der Waals surface area contributed by atoms with Crippen molar-refractivity contribution < 1.29 is 19.8 Å². The van der Waals surface area contributed by atoms with Gasteiger partial charge in [-0.3, -0.25) is 9.59 Å². The summed E-state index contributed by atoms with van der Waals surface area (Å²) in [4.78, 5) is 23.9. The molecule has 1 amide bonds. The third kappa shape index (κ3) is 4.73. The summed E-state index contributed by atoms with van der Waals surface area (Å²) in [5.74, 6) is -0.766. The van der Waals surface area contributed by atoms with Gasteiger partial charge in [-0.2, -0.15) is 0 Å². The molecule has 5 nitrogen and oxygen atoms in total. The zero-order valence-corrected chi connectivity index (χ0v) is 10.1. The van der Waals surface area contributed by atoms with Crippen molar-refractivity contribution in [3.8, 4) is 0 Å². The smallest absolute Gasteiger partial charge is 0.303 e. The number of piperidine rings is 1. The summed E-state index contributed by atoms with van der Waals surface area (Å²) in [6.45, 7) is 0.754. The second kappa shape index (κ2) is 7.27. The van der Waals surface area contributed by atoms with E-state index in [1.165, 1.54) is 0 Å². The fourth-order valence-electron chi connectivity index (χ4n) is 2.21. The van der Waals surface area contributed by atoms with Gasteiger partial charge in [0, 0.05) is 19.4 Å². The van der Waals surface area contributed by atoms with Crippen molar-refractivity contribution in [3.63, 3.8) is 0 Å². The molecule has 0 aromatic heterocycles. The Morgan fingerprint density at radius 2 is 1.88 bits per heavy atom. The number of carbonyl (C=O) groups is 2. The van der Waals surface area contributed by atoms with Gasteiger partial charge in [0.2, 0.25) is 5.91 Å². The van der Waals surface area contributed by atoms with Gasteiger partial charge in [-0.1, -0.05) is 0 Å². The molecule has 1 unspecified atom stereocenters. The number of aliphatic carboxylic acids is 1. The first kappa shape index (κ1) is 14.0. The summed E-state index contributed by atoms with van der Waals surface area (Å²) in [7, 11) is 0. The SMILES string of the molecule is O=C(O)CCCCC(=O)N1CCCCC1CO. The van der Waals surface area contributed by atoms with Crippen LogP contribution >= 0.6 is 0 Å². The molecule has 0 aromatic rings. The lowest BCUT2D eigenvalue weighted by molar-refractivity contribution is -0.138. The molecule has 1 saturated heterocycles. The highest BCUT2D eigenvalue weighted by molar-refractivity contribution is 5.76. The van der Waals surface area contributed by atoms with Crippen LogP contribution in [-0.2, 0) is 9.59 Å². The molecule has 0 spiro atoms. The lowest BCUT2D eigenvalue weighted by Crippen LogP contribution is -2.45. The molecule has 1 atom stereocenters. The maximum absolute atomic E-state index is 11.9. The van der Waals surface area contributed by atoms with Crippen LogP contribution in [0.5, 0.6) is 0 Å². The summed E-state index contributed by atoms with van der Waals surface area (Å²) in [5, 5.41) is 17.7. The molecule has 17 heavy (non-hydrogen) atoms. The highest BCUT2D eigenvalue weighted by atomic mass is 16.4. The maximum atomic E-state index is 11.9. The molecule has 2 N–H and O–H groups in total. The topological polar surface area (TPSA) is 77.8 Å². The average molecular weight is 243 g/mol. The Kier molecular flexibility index (Phi) is 5.97. The predicted octanol–water partition coefficient (Wildman–Crippen LogP) is 1.00. The van der Waals surface area contributed by atoms with E-state index in [4.69, 9.17) is 5.11 Å². The Morgan fingerprint density at radius 3 is 2.53 bits per heavy atom. The van der Waals surface area contributed by atoms with E-state index in [-0.39, 0.29) is 25.0 Å². The van der Waals surface area contributed by atoms with Crippen LogP contribution < -0.4 is 0 Å². The van der Waals surface area contributed by atoms with Gasteiger partial charge in [-0.25, -0.2) is 0 Å². The Balaban J connectivity index is 2.27. The fourth-order valence-corrected chi connectivity index (χ4v) is 2.21. The molecule has 0 aromatic carbocycles. The molecular weight excluding hydrogens is 222 g/mol. The first-order valence-electron chi connectivity index (χ1n) is 6.27. The number of amides is 1. The number of aliphatic hydroxyl groups excluding tert-OH is 1. The number of hydrogen-bond donors (Lipinski definition) is 2. The average Bonchev–Trinajstić information content (AvgIpc) is 2.34. The monoisotopic (exact) mass is 243 g/mol. The number of carbonyl (C=O) groups excluding carboxylic acids is 1. The van der Waals surface area contributed by atoms with Crippen LogP contribution in [0, 0.1) is 0 Å². The van der Waals surface area contributed by atoms with E-state index in [1.54, 1.807) is 4.90 Å². The minimum Gasteiger partial charge on any atom is -0.481 e. The van der Waals surface area contributed by atoms with Crippen molar-refractivity contribution in [2.45, 2.75) is 51.0 Å². The van der Waals surface area contributed by atoms with E-state index in [9.17, 15) is 14.7 Å². The zero-order valence-electron chi connectivity index (χ0n) is 10.1. The predicted molar refractivity (Wildman–Crippen MR) is 62.5 cm³/mol. The van der Waals surface area contributed by atoms with E-state index in [0.29, 0.717) is 19.3 Å². The third-order valence-corrected chi connectivity index (χ3v) is 3.19. The number of hydrogen-bond acceptors (Lipinski definition) is 3. The van der Waals surface area contributed by atoms with Crippen molar-refractivity contribution >= 4 is 11.9 Å². The van der Waals surface area contributed by atoms with E-state index in [2.05, 4.69) is 0 Å². The van der Waals surface area contributed by atoms with Crippen molar-refractivity contribution in [3.05, 3.63) is 0 Å². The molecule has 1 fully saturated rings. The van der Waals surface area contributed by atoms with Crippen LogP contribution in [0.2, 0.25) is 0 Å². The highest BCUT2D eigenvalue weighted by Gasteiger charge is 2.25. The van der Waals surface area contributed by atoms with Crippen LogP contribution in [-0.4, -0.2) is 46.2 Å². The Bertz CT molecular complexity index is 267. The van der Waals surface area contributed by atoms with E-state index in [0.717, 1.165) is 25.8 Å². The zero-order chi connectivity index (χ0) is 12.7. The first-order chi connectivity index (χ1) is 8.15. The van der Waals surface area contributed by atoms with Gasteiger partial charge < -0.3 is 15.1 Å². The maximum Gasteiger partial charge on any atom is 0.303 e. The number of aliphatic hydroxyl groups is 1. The lowest BCUT2D eigenvalue weighted by Gasteiger charge is -2.34. The van der Waals surface area contributed by atoms with Crippen LogP contribution in [0.25, 0.3) is 0 Å². The summed E-state index contributed by atoms with van der Waals surface area (Å²) in [6, 6.07) is -0.0317. The van der Waals surface area contributed by atoms with E-state index in [1.807, 2.05) is 0 Å². The third-order valence-electron chi connectivity index (χ3n) is 3.19. The van der Waals surface area contributed by atoms with Gasteiger partial charge in [-0.15, -0.1) is 0 Å². The fraction of sp³-hybridized carbons (Fsp3) is 0.833. The Hall–Kier alpha value is -1.10. The molecule has 1 heterocycles. The summed E-state index contributed by atoms with van der Waals surface area (Å²) in [6.07, 6.45) is 4.60. The lowest BCUT2D eigenvalue weighted by atomic mass is 10.0. The Labute approximate surface area is 101 Å². The first-order valence-corrected chi connectivity index (χ1v) is 6.27. The highest BCUT2D eigenvalue weighted by Crippen LogP contribution is 2.18. The van der Waals surface area contributed by atoms with Gasteiger partial charge >= 0.3 is 5.97 Å². The number of carboxylic acid groups (broad SMARTS) is 1. The second-order valence-electron chi connectivity index (χ2n) is 4.52. The molecule has 0 radical (unpaired) electrons.